The summed E-state index contributed by atoms with van der Waals surface area (Å²) in [5, 5.41) is 3.43. The van der Waals surface area contributed by atoms with Crippen LogP contribution in [0, 0.1) is 13.8 Å². The van der Waals surface area contributed by atoms with Gasteiger partial charge in [0.05, 0.1) is 13.5 Å². The van der Waals surface area contributed by atoms with Crippen LogP contribution in [0.5, 0.6) is 0 Å². The molecule has 0 aromatic heterocycles. The molecule has 1 atom stereocenters. The van der Waals surface area contributed by atoms with Crippen molar-refractivity contribution in [1.82, 2.24) is 5.32 Å². The van der Waals surface area contributed by atoms with Gasteiger partial charge in [-0.15, -0.1) is 0 Å². The minimum atomic E-state index is -0.177. The van der Waals surface area contributed by atoms with Gasteiger partial charge in [-0.05, 0) is 44.4 Å². The molecule has 0 saturated carbocycles. The van der Waals surface area contributed by atoms with E-state index in [0.29, 0.717) is 6.42 Å². The molecule has 0 aliphatic carbocycles. The maximum atomic E-state index is 11.6. The molecule has 1 aromatic rings. The van der Waals surface area contributed by atoms with Crippen LogP contribution in [-0.2, 0) is 20.7 Å². The molecule has 0 fully saturated rings. The van der Waals surface area contributed by atoms with Crippen LogP contribution in [0.1, 0.15) is 29.5 Å². The molecular formula is C17H27NO3. The number of esters is 1. The number of benzene rings is 1. The summed E-state index contributed by atoms with van der Waals surface area (Å²) in [5.41, 5.74) is 3.80. The van der Waals surface area contributed by atoms with Crippen molar-refractivity contribution >= 4 is 5.97 Å². The Kier molecular flexibility index (Phi) is 8.01. The number of nitrogens with one attached hydrogen (secondary N) is 1. The smallest absolute Gasteiger partial charge is 0.307 e. The molecule has 0 radical (unpaired) electrons. The summed E-state index contributed by atoms with van der Waals surface area (Å²) in [5.74, 6) is -0.177. The maximum Gasteiger partial charge on any atom is 0.307 e. The van der Waals surface area contributed by atoms with E-state index in [0.717, 1.165) is 26.0 Å². The molecule has 1 rings (SSSR count). The number of carbonyl (C=O) groups excluding carboxylic acids is 1. The van der Waals surface area contributed by atoms with Gasteiger partial charge in [0.15, 0.2) is 0 Å². The van der Waals surface area contributed by atoms with Crippen LogP contribution < -0.4 is 5.32 Å². The Morgan fingerprint density at radius 3 is 2.67 bits per heavy atom. The van der Waals surface area contributed by atoms with Crippen LogP contribution in [0.25, 0.3) is 0 Å². The molecule has 4 heteroatoms. The molecule has 0 heterocycles. The lowest BCUT2D eigenvalue weighted by atomic mass is 9.97. The Bertz CT molecular complexity index is 446. The van der Waals surface area contributed by atoms with E-state index in [1.54, 1.807) is 7.11 Å². The topological polar surface area (TPSA) is 47.6 Å². The number of hydrogen-bond acceptors (Lipinski definition) is 4. The van der Waals surface area contributed by atoms with Gasteiger partial charge in [0.1, 0.15) is 0 Å². The van der Waals surface area contributed by atoms with Gasteiger partial charge in [0, 0.05) is 19.8 Å². The fourth-order valence-electron chi connectivity index (χ4n) is 2.36. The van der Waals surface area contributed by atoms with E-state index >= 15 is 0 Å². The fraction of sp³-hybridized carbons (Fsp3) is 0.588. The fourth-order valence-corrected chi connectivity index (χ4v) is 2.36. The van der Waals surface area contributed by atoms with E-state index in [-0.39, 0.29) is 12.0 Å². The molecular weight excluding hydrogens is 266 g/mol. The highest BCUT2D eigenvalue weighted by atomic mass is 16.5. The Morgan fingerprint density at radius 2 is 2.05 bits per heavy atom. The number of rotatable bonds is 9. The second kappa shape index (κ2) is 9.53. The van der Waals surface area contributed by atoms with E-state index in [1.165, 1.54) is 23.8 Å². The predicted octanol–water partition coefficient (Wildman–Crippen LogP) is 2.40. The first-order valence-electron chi connectivity index (χ1n) is 7.42. The van der Waals surface area contributed by atoms with Crippen LogP contribution in [0.3, 0.4) is 0 Å². The van der Waals surface area contributed by atoms with Crippen molar-refractivity contribution in [3.05, 3.63) is 34.9 Å². The quantitative estimate of drug-likeness (QED) is 0.561. The Hall–Kier alpha value is -1.39. The first kappa shape index (κ1) is 17.7. The van der Waals surface area contributed by atoms with Crippen LogP contribution in [0.15, 0.2) is 18.2 Å². The van der Waals surface area contributed by atoms with Gasteiger partial charge in [-0.2, -0.15) is 0 Å². The normalized spacial score (nSPS) is 12.2. The third kappa shape index (κ3) is 6.74. The lowest BCUT2D eigenvalue weighted by Gasteiger charge is -2.19. The highest BCUT2D eigenvalue weighted by Crippen LogP contribution is 2.14. The highest BCUT2D eigenvalue weighted by Gasteiger charge is 2.15. The zero-order chi connectivity index (χ0) is 15.7. The van der Waals surface area contributed by atoms with E-state index in [9.17, 15) is 4.79 Å². The lowest BCUT2D eigenvalue weighted by molar-refractivity contribution is -0.141. The summed E-state index contributed by atoms with van der Waals surface area (Å²) in [6.07, 6.45) is 2.14. The number of carbonyl (C=O) groups is 1. The standard InChI is InChI=1S/C17H27NO3/c1-13-6-7-15(14(2)10-13)11-16(12-17(19)21-4)18-8-5-9-20-3/h6-7,10,16,18H,5,8-9,11-12H2,1-4H3. The molecule has 1 N–H and O–H groups in total. The number of aryl methyl sites for hydroxylation is 2. The van der Waals surface area contributed by atoms with Crippen LogP contribution in [-0.4, -0.2) is 39.4 Å². The van der Waals surface area contributed by atoms with Gasteiger partial charge >= 0.3 is 5.97 Å². The lowest BCUT2D eigenvalue weighted by Crippen LogP contribution is -2.35. The number of methoxy groups -OCH3 is 2. The number of ether oxygens (including phenoxy) is 2. The monoisotopic (exact) mass is 293 g/mol. The first-order valence-corrected chi connectivity index (χ1v) is 7.42. The number of hydrogen-bond donors (Lipinski definition) is 1. The molecule has 0 aliphatic heterocycles. The third-order valence-electron chi connectivity index (χ3n) is 3.56. The molecule has 0 aliphatic rings. The van der Waals surface area contributed by atoms with Gasteiger partial charge in [-0.1, -0.05) is 23.8 Å². The maximum absolute atomic E-state index is 11.6. The molecule has 118 valence electrons. The second-order valence-corrected chi connectivity index (χ2v) is 5.41. The summed E-state index contributed by atoms with van der Waals surface area (Å²) in [6.45, 7) is 5.76. The van der Waals surface area contributed by atoms with Crippen LogP contribution in [0.4, 0.5) is 0 Å². The molecule has 0 bridgehead atoms. The van der Waals surface area contributed by atoms with Gasteiger partial charge < -0.3 is 14.8 Å². The van der Waals surface area contributed by atoms with Crippen molar-refractivity contribution in [1.29, 1.82) is 0 Å². The molecule has 1 aromatic carbocycles. The van der Waals surface area contributed by atoms with Gasteiger partial charge in [0.25, 0.3) is 0 Å². The van der Waals surface area contributed by atoms with Crippen molar-refractivity contribution in [3.8, 4) is 0 Å². The molecule has 4 nitrogen and oxygen atoms in total. The van der Waals surface area contributed by atoms with Gasteiger partial charge in [0.2, 0.25) is 0 Å². The molecule has 0 saturated heterocycles. The summed E-state index contributed by atoms with van der Waals surface area (Å²) < 4.78 is 9.84. The van der Waals surface area contributed by atoms with E-state index in [2.05, 4.69) is 37.4 Å². The van der Waals surface area contributed by atoms with Crippen molar-refractivity contribution in [2.24, 2.45) is 0 Å². The third-order valence-corrected chi connectivity index (χ3v) is 3.56. The SMILES string of the molecule is COCCCNC(CC(=O)OC)Cc1ccc(C)cc1C. The molecule has 21 heavy (non-hydrogen) atoms. The summed E-state index contributed by atoms with van der Waals surface area (Å²) in [6, 6.07) is 6.53. The van der Waals surface area contributed by atoms with Crippen molar-refractivity contribution in [3.63, 3.8) is 0 Å². The highest BCUT2D eigenvalue weighted by molar-refractivity contribution is 5.70. The van der Waals surface area contributed by atoms with Crippen molar-refractivity contribution in [2.75, 3.05) is 27.4 Å². The Morgan fingerprint density at radius 1 is 1.29 bits per heavy atom. The Balaban J connectivity index is 2.64. The minimum absolute atomic E-state index is 0.0933. The van der Waals surface area contributed by atoms with Crippen molar-refractivity contribution in [2.45, 2.75) is 39.2 Å². The Labute approximate surface area is 127 Å². The van der Waals surface area contributed by atoms with Crippen LogP contribution >= 0.6 is 0 Å². The average Bonchev–Trinajstić information content (AvgIpc) is 2.46. The average molecular weight is 293 g/mol. The van der Waals surface area contributed by atoms with Crippen LogP contribution in [0.2, 0.25) is 0 Å². The van der Waals surface area contributed by atoms with E-state index in [4.69, 9.17) is 9.47 Å². The minimum Gasteiger partial charge on any atom is -0.469 e. The van der Waals surface area contributed by atoms with Gasteiger partial charge in [-0.25, -0.2) is 0 Å². The van der Waals surface area contributed by atoms with Crippen molar-refractivity contribution < 1.29 is 14.3 Å². The zero-order valence-corrected chi connectivity index (χ0v) is 13.6. The summed E-state index contributed by atoms with van der Waals surface area (Å²) in [7, 11) is 3.13. The zero-order valence-electron chi connectivity index (χ0n) is 13.6. The first-order chi connectivity index (χ1) is 10.1. The van der Waals surface area contributed by atoms with E-state index in [1.807, 2.05) is 0 Å². The summed E-state index contributed by atoms with van der Waals surface area (Å²) >= 11 is 0. The molecule has 1 unspecified atom stereocenters. The predicted molar refractivity (Wildman–Crippen MR) is 84.5 cm³/mol. The summed E-state index contributed by atoms with van der Waals surface area (Å²) in [4.78, 5) is 11.6. The second-order valence-electron chi connectivity index (χ2n) is 5.41. The molecule has 0 spiro atoms. The largest absolute Gasteiger partial charge is 0.469 e. The van der Waals surface area contributed by atoms with E-state index < -0.39 is 0 Å². The molecule has 0 amide bonds. The van der Waals surface area contributed by atoms with Gasteiger partial charge in [-0.3, -0.25) is 4.79 Å².